The fourth-order valence-corrected chi connectivity index (χ4v) is 4.48. The zero-order chi connectivity index (χ0) is 15.8. The van der Waals surface area contributed by atoms with E-state index in [1.54, 1.807) is 19.2 Å². The molecule has 21 heavy (non-hydrogen) atoms. The fourth-order valence-electron chi connectivity index (χ4n) is 2.16. The third-order valence-electron chi connectivity index (χ3n) is 3.29. The number of benzene rings is 2. The first-order chi connectivity index (χ1) is 9.73. The van der Waals surface area contributed by atoms with Crippen molar-refractivity contribution in [1.82, 2.24) is 0 Å². The molecule has 0 amide bonds. The van der Waals surface area contributed by atoms with E-state index in [4.69, 9.17) is 5.73 Å². The lowest BCUT2D eigenvalue weighted by Crippen LogP contribution is -2.27. The van der Waals surface area contributed by atoms with Crippen LogP contribution in [0, 0.1) is 13.8 Å². The Hall–Kier alpha value is -1.53. The zero-order valence-corrected chi connectivity index (χ0v) is 14.5. The first kappa shape index (κ1) is 15.9. The minimum atomic E-state index is -3.64. The van der Waals surface area contributed by atoms with Gasteiger partial charge in [-0.15, -0.1) is 0 Å². The summed E-state index contributed by atoms with van der Waals surface area (Å²) in [5.74, 6) is 0. The van der Waals surface area contributed by atoms with E-state index in [-0.39, 0.29) is 4.90 Å². The van der Waals surface area contributed by atoms with Gasteiger partial charge in [0.05, 0.1) is 5.69 Å². The predicted octanol–water partition coefficient (Wildman–Crippen LogP) is 3.47. The van der Waals surface area contributed by atoms with E-state index in [9.17, 15) is 8.42 Å². The number of halogens is 1. The van der Waals surface area contributed by atoms with E-state index < -0.39 is 10.0 Å². The topological polar surface area (TPSA) is 63.4 Å². The van der Waals surface area contributed by atoms with Gasteiger partial charge in [0.25, 0.3) is 10.0 Å². The molecular formula is C15H17BrN2O2S. The molecule has 2 N–H and O–H groups in total. The van der Waals surface area contributed by atoms with Crippen LogP contribution in [0.2, 0.25) is 0 Å². The van der Waals surface area contributed by atoms with Crippen LogP contribution in [0.5, 0.6) is 0 Å². The number of sulfonamides is 1. The number of hydrogen-bond donors (Lipinski definition) is 1. The molecule has 0 aliphatic carbocycles. The normalized spacial score (nSPS) is 11.4. The summed E-state index contributed by atoms with van der Waals surface area (Å²) < 4.78 is 27.3. The van der Waals surface area contributed by atoms with Crippen LogP contribution in [0.1, 0.15) is 11.1 Å². The first-order valence-electron chi connectivity index (χ1n) is 6.34. The largest absolute Gasteiger partial charge is 0.399 e. The second-order valence-electron chi connectivity index (χ2n) is 4.95. The van der Waals surface area contributed by atoms with Crippen molar-refractivity contribution >= 4 is 37.3 Å². The van der Waals surface area contributed by atoms with Crippen LogP contribution < -0.4 is 10.0 Å². The molecule has 4 nitrogen and oxygen atoms in total. The molecule has 0 spiro atoms. The molecule has 0 unspecified atom stereocenters. The van der Waals surface area contributed by atoms with Crippen LogP contribution in [-0.2, 0) is 10.0 Å². The standard InChI is InChI=1S/C15H17BrN2O2S/c1-10-4-6-14(11(2)8-10)18(3)21(19,20)15-7-5-12(17)9-13(15)16/h4-9H,17H2,1-3H3. The summed E-state index contributed by atoms with van der Waals surface area (Å²) in [7, 11) is -2.09. The highest BCUT2D eigenvalue weighted by atomic mass is 79.9. The van der Waals surface area contributed by atoms with Crippen molar-refractivity contribution in [1.29, 1.82) is 0 Å². The summed E-state index contributed by atoms with van der Waals surface area (Å²) in [4.78, 5) is 0.194. The number of nitrogen functional groups attached to an aromatic ring is 1. The molecule has 0 heterocycles. The maximum atomic E-state index is 12.8. The van der Waals surface area contributed by atoms with Gasteiger partial charge >= 0.3 is 0 Å². The highest BCUT2D eigenvalue weighted by molar-refractivity contribution is 9.10. The van der Waals surface area contributed by atoms with Crippen LogP contribution in [0.3, 0.4) is 0 Å². The molecule has 0 atom stereocenters. The van der Waals surface area contributed by atoms with E-state index in [1.807, 2.05) is 32.0 Å². The maximum Gasteiger partial charge on any atom is 0.265 e. The Bertz CT molecular complexity index is 788. The fraction of sp³-hybridized carbons (Fsp3) is 0.200. The van der Waals surface area contributed by atoms with Crippen LogP contribution in [-0.4, -0.2) is 15.5 Å². The summed E-state index contributed by atoms with van der Waals surface area (Å²) in [6, 6.07) is 10.3. The molecule has 0 fully saturated rings. The quantitative estimate of drug-likeness (QED) is 0.843. The average Bonchev–Trinajstić information content (AvgIpc) is 2.37. The Morgan fingerprint density at radius 3 is 2.33 bits per heavy atom. The van der Waals surface area contributed by atoms with Gasteiger partial charge in [-0.1, -0.05) is 17.7 Å². The van der Waals surface area contributed by atoms with Crippen molar-refractivity contribution in [2.24, 2.45) is 0 Å². The molecule has 2 aromatic rings. The third kappa shape index (κ3) is 3.06. The lowest BCUT2D eigenvalue weighted by molar-refractivity contribution is 0.594. The van der Waals surface area contributed by atoms with Crippen LogP contribution in [0.15, 0.2) is 45.8 Å². The van der Waals surface area contributed by atoms with Crippen molar-refractivity contribution in [3.05, 3.63) is 52.0 Å². The van der Waals surface area contributed by atoms with Crippen molar-refractivity contribution < 1.29 is 8.42 Å². The van der Waals surface area contributed by atoms with Crippen molar-refractivity contribution in [3.8, 4) is 0 Å². The third-order valence-corrected chi connectivity index (χ3v) is 6.03. The Labute approximate surface area is 133 Å². The summed E-state index contributed by atoms with van der Waals surface area (Å²) in [6.07, 6.45) is 0. The zero-order valence-electron chi connectivity index (χ0n) is 12.1. The van der Waals surface area contributed by atoms with Gasteiger partial charge in [0.15, 0.2) is 0 Å². The number of rotatable bonds is 3. The lowest BCUT2D eigenvalue weighted by atomic mass is 10.1. The summed E-state index contributed by atoms with van der Waals surface area (Å²) in [5, 5.41) is 0. The highest BCUT2D eigenvalue weighted by Gasteiger charge is 2.24. The summed E-state index contributed by atoms with van der Waals surface area (Å²) in [6.45, 7) is 3.87. The number of nitrogens with zero attached hydrogens (tertiary/aromatic N) is 1. The number of nitrogens with two attached hydrogens (primary N) is 1. The molecule has 6 heteroatoms. The van der Waals surface area contributed by atoms with Crippen molar-refractivity contribution in [2.75, 3.05) is 17.1 Å². The van der Waals surface area contributed by atoms with Gasteiger partial charge < -0.3 is 5.73 Å². The first-order valence-corrected chi connectivity index (χ1v) is 8.58. The molecular weight excluding hydrogens is 352 g/mol. The summed E-state index contributed by atoms with van der Waals surface area (Å²) >= 11 is 3.27. The number of aryl methyl sites for hydroxylation is 2. The minimum absolute atomic E-state index is 0.194. The van der Waals surface area contributed by atoms with Gasteiger partial charge in [0.1, 0.15) is 4.90 Å². The molecule has 0 radical (unpaired) electrons. The second kappa shape index (κ2) is 5.69. The van der Waals surface area contributed by atoms with Gasteiger partial charge in [-0.3, -0.25) is 4.31 Å². The van der Waals surface area contributed by atoms with E-state index >= 15 is 0 Å². The predicted molar refractivity (Wildman–Crippen MR) is 90.1 cm³/mol. The Balaban J connectivity index is 2.52. The smallest absolute Gasteiger partial charge is 0.265 e. The van der Waals surface area contributed by atoms with E-state index in [1.165, 1.54) is 10.4 Å². The molecule has 112 valence electrons. The molecule has 0 saturated heterocycles. The number of anilines is 2. The monoisotopic (exact) mass is 368 g/mol. The van der Waals surface area contributed by atoms with Crippen molar-refractivity contribution in [2.45, 2.75) is 18.7 Å². The van der Waals surface area contributed by atoms with E-state index in [0.717, 1.165) is 11.1 Å². The minimum Gasteiger partial charge on any atom is -0.399 e. The lowest BCUT2D eigenvalue weighted by Gasteiger charge is -2.22. The van der Waals surface area contributed by atoms with Crippen molar-refractivity contribution in [3.63, 3.8) is 0 Å². The Morgan fingerprint density at radius 2 is 1.76 bits per heavy atom. The maximum absolute atomic E-state index is 12.8. The molecule has 0 aromatic heterocycles. The summed E-state index contributed by atoms with van der Waals surface area (Å²) in [5.41, 5.74) is 8.83. The molecule has 0 aliphatic heterocycles. The molecule has 2 aromatic carbocycles. The van der Waals surface area contributed by atoms with Gasteiger partial charge in [-0.2, -0.15) is 0 Å². The SMILES string of the molecule is Cc1ccc(N(C)S(=O)(=O)c2ccc(N)cc2Br)c(C)c1. The molecule has 2 rings (SSSR count). The average molecular weight is 369 g/mol. The van der Waals surface area contributed by atoms with Gasteiger partial charge in [0.2, 0.25) is 0 Å². The Kier molecular flexibility index (Phi) is 4.30. The van der Waals surface area contributed by atoms with Gasteiger partial charge in [0, 0.05) is 17.2 Å². The highest BCUT2D eigenvalue weighted by Crippen LogP contribution is 2.30. The van der Waals surface area contributed by atoms with E-state index in [0.29, 0.717) is 15.8 Å². The van der Waals surface area contributed by atoms with E-state index in [2.05, 4.69) is 15.9 Å². The van der Waals surface area contributed by atoms with Gasteiger partial charge in [-0.25, -0.2) is 8.42 Å². The Morgan fingerprint density at radius 1 is 1.10 bits per heavy atom. The van der Waals surface area contributed by atoms with Crippen LogP contribution in [0.4, 0.5) is 11.4 Å². The molecule has 0 aliphatic rings. The number of hydrogen-bond acceptors (Lipinski definition) is 3. The second-order valence-corrected chi connectivity index (χ2v) is 7.74. The van der Waals surface area contributed by atoms with Crippen LogP contribution in [0.25, 0.3) is 0 Å². The molecule has 0 bridgehead atoms. The molecule has 0 saturated carbocycles. The van der Waals surface area contributed by atoms with Gasteiger partial charge in [-0.05, 0) is 59.6 Å². The van der Waals surface area contributed by atoms with Crippen LogP contribution >= 0.6 is 15.9 Å².